The Labute approximate surface area is 75.7 Å². The average molecular weight is 172 g/mol. The molecule has 1 atom stereocenters. The molecule has 2 heteroatoms. The van der Waals surface area contributed by atoms with Crippen molar-refractivity contribution in [3.8, 4) is 0 Å². The highest BCUT2D eigenvalue weighted by molar-refractivity contribution is 4.73. The van der Waals surface area contributed by atoms with Crippen LogP contribution in [0.4, 0.5) is 0 Å². The van der Waals surface area contributed by atoms with Gasteiger partial charge in [-0.1, -0.05) is 19.9 Å². The van der Waals surface area contributed by atoms with Crippen LogP contribution in [0.15, 0.2) is 12.7 Å². The van der Waals surface area contributed by atoms with Crippen molar-refractivity contribution in [1.82, 2.24) is 0 Å². The summed E-state index contributed by atoms with van der Waals surface area (Å²) in [4.78, 5) is 0. The van der Waals surface area contributed by atoms with Crippen LogP contribution < -0.4 is 5.32 Å². The number of hydrogen-bond acceptors (Lipinski definition) is 1. The molecule has 0 aromatic rings. The van der Waals surface area contributed by atoms with E-state index in [9.17, 15) is 0 Å². The molecule has 0 saturated heterocycles. The Balaban J connectivity index is 3.55. The van der Waals surface area contributed by atoms with Crippen molar-refractivity contribution in [2.24, 2.45) is 5.92 Å². The molecule has 0 heterocycles. The van der Waals surface area contributed by atoms with Crippen LogP contribution in [0.5, 0.6) is 0 Å². The minimum Gasteiger partial charge on any atom is -0.396 e. The second-order valence-corrected chi connectivity index (χ2v) is 3.53. The highest BCUT2D eigenvalue weighted by atomic mass is 16.3. The molecule has 3 N–H and O–H groups in total. The summed E-state index contributed by atoms with van der Waals surface area (Å²) >= 11 is 0. The summed E-state index contributed by atoms with van der Waals surface area (Å²) in [6.07, 6.45) is 3.92. The molecule has 0 bridgehead atoms. The fourth-order valence-electron chi connectivity index (χ4n) is 1.26. The lowest BCUT2D eigenvalue weighted by molar-refractivity contribution is -0.694. The fraction of sp³-hybridized carbons (Fsp3) is 0.800. The second kappa shape index (κ2) is 7.32. The molecule has 0 rings (SSSR count). The number of rotatable bonds is 7. The lowest BCUT2D eigenvalue weighted by Crippen LogP contribution is -2.91. The monoisotopic (exact) mass is 172 g/mol. The van der Waals surface area contributed by atoms with Crippen molar-refractivity contribution in [3.63, 3.8) is 0 Å². The smallest absolute Gasteiger partial charge is 0.0916 e. The summed E-state index contributed by atoms with van der Waals surface area (Å²) in [5.41, 5.74) is 0. The maximum absolute atomic E-state index is 8.61. The zero-order valence-corrected chi connectivity index (χ0v) is 8.29. The summed E-state index contributed by atoms with van der Waals surface area (Å²) in [6.45, 7) is 9.52. The molecular weight excluding hydrogens is 150 g/mol. The molecule has 0 saturated carbocycles. The molecule has 2 nitrogen and oxygen atoms in total. The normalized spacial score (nSPS) is 13.3. The number of hydrogen-bond donors (Lipinski definition) is 2. The van der Waals surface area contributed by atoms with Gasteiger partial charge in [-0.2, -0.15) is 0 Å². The zero-order chi connectivity index (χ0) is 9.40. The van der Waals surface area contributed by atoms with E-state index < -0.39 is 0 Å². The van der Waals surface area contributed by atoms with Gasteiger partial charge in [-0.25, -0.2) is 0 Å². The lowest BCUT2D eigenvalue weighted by atomic mass is 10.0. The fourth-order valence-corrected chi connectivity index (χ4v) is 1.26. The number of aliphatic hydroxyl groups is 1. The first-order valence-corrected chi connectivity index (χ1v) is 4.77. The zero-order valence-electron chi connectivity index (χ0n) is 8.29. The van der Waals surface area contributed by atoms with Crippen molar-refractivity contribution in [2.75, 3.05) is 13.2 Å². The maximum atomic E-state index is 8.61. The standard InChI is InChI=1S/C10H21NO/c1-4-6-10(9(2)3)11-7-5-8-12/h4,9-12H,1,5-8H2,2-3H3/p+1/t10-/m1/s1. The van der Waals surface area contributed by atoms with E-state index >= 15 is 0 Å². The minimum atomic E-state index is 0.301. The van der Waals surface area contributed by atoms with E-state index in [0.29, 0.717) is 18.6 Å². The first-order chi connectivity index (χ1) is 5.72. The predicted octanol–water partition coefficient (Wildman–Crippen LogP) is 0.533. The Morgan fingerprint density at radius 2 is 2.17 bits per heavy atom. The van der Waals surface area contributed by atoms with Gasteiger partial charge in [0.2, 0.25) is 0 Å². The molecule has 72 valence electrons. The molecule has 0 spiro atoms. The largest absolute Gasteiger partial charge is 0.396 e. The van der Waals surface area contributed by atoms with Gasteiger partial charge in [-0.05, 0) is 0 Å². The summed E-state index contributed by atoms with van der Waals surface area (Å²) in [5, 5.41) is 10.9. The van der Waals surface area contributed by atoms with Gasteiger partial charge in [0.1, 0.15) is 0 Å². The topological polar surface area (TPSA) is 36.8 Å². The van der Waals surface area contributed by atoms with Crippen LogP contribution in [-0.2, 0) is 0 Å². The Morgan fingerprint density at radius 3 is 2.58 bits per heavy atom. The van der Waals surface area contributed by atoms with Crippen LogP contribution in [0, 0.1) is 5.92 Å². The van der Waals surface area contributed by atoms with Crippen molar-refractivity contribution >= 4 is 0 Å². The first-order valence-electron chi connectivity index (χ1n) is 4.77. The molecule has 0 unspecified atom stereocenters. The molecule has 0 amide bonds. The second-order valence-electron chi connectivity index (χ2n) is 3.53. The van der Waals surface area contributed by atoms with E-state index in [2.05, 4.69) is 25.7 Å². The van der Waals surface area contributed by atoms with E-state index in [4.69, 9.17) is 5.11 Å². The van der Waals surface area contributed by atoms with Crippen LogP contribution in [-0.4, -0.2) is 24.3 Å². The Hall–Kier alpha value is -0.340. The molecular formula is C10H22NO+. The van der Waals surface area contributed by atoms with Gasteiger partial charge >= 0.3 is 0 Å². The van der Waals surface area contributed by atoms with Crippen molar-refractivity contribution < 1.29 is 10.4 Å². The maximum Gasteiger partial charge on any atom is 0.0916 e. The lowest BCUT2D eigenvalue weighted by Gasteiger charge is -2.17. The number of nitrogens with two attached hydrogens (primary N) is 1. The van der Waals surface area contributed by atoms with Crippen LogP contribution in [0.2, 0.25) is 0 Å². The number of quaternary nitrogens is 1. The van der Waals surface area contributed by atoms with Gasteiger partial charge in [0.05, 0.1) is 12.6 Å². The first kappa shape index (κ1) is 11.7. The third-order valence-electron chi connectivity index (χ3n) is 2.13. The SMILES string of the molecule is C=CC[C@@H]([NH2+]CCCO)C(C)C. The van der Waals surface area contributed by atoms with Crippen molar-refractivity contribution in [2.45, 2.75) is 32.7 Å². The highest BCUT2D eigenvalue weighted by Gasteiger charge is 2.13. The Kier molecular flexibility index (Phi) is 7.11. The highest BCUT2D eigenvalue weighted by Crippen LogP contribution is 2.01. The summed E-state index contributed by atoms with van der Waals surface area (Å²) in [6, 6.07) is 0.633. The van der Waals surface area contributed by atoms with Gasteiger partial charge in [-0.3, -0.25) is 0 Å². The van der Waals surface area contributed by atoms with Crippen molar-refractivity contribution in [3.05, 3.63) is 12.7 Å². The summed E-state index contributed by atoms with van der Waals surface area (Å²) in [7, 11) is 0. The summed E-state index contributed by atoms with van der Waals surface area (Å²) < 4.78 is 0. The third-order valence-corrected chi connectivity index (χ3v) is 2.13. The van der Waals surface area contributed by atoms with Crippen LogP contribution >= 0.6 is 0 Å². The van der Waals surface area contributed by atoms with Crippen LogP contribution in [0.1, 0.15) is 26.7 Å². The van der Waals surface area contributed by atoms with E-state index in [0.717, 1.165) is 19.4 Å². The molecule has 0 aromatic heterocycles. The molecule has 0 fully saturated rings. The van der Waals surface area contributed by atoms with Gasteiger partial charge < -0.3 is 10.4 Å². The molecule has 0 aliphatic carbocycles. The van der Waals surface area contributed by atoms with Gasteiger partial charge in [0.25, 0.3) is 0 Å². The Bertz CT molecular complexity index is 112. The molecule has 0 aliphatic rings. The third kappa shape index (κ3) is 5.33. The molecule has 0 aromatic carbocycles. The number of aliphatic hydroxyl groups excluding tert-OH is 1. The van der Waals surface area contributed by atoms with Crippen molar-refractivity contribution in [1.29, 1.82) is 0 Å². The molecule has 0 radical (unpaired) electrons. The summed E-state index contributed by atoms with van der Waals surface area (Å²) in [5.74, 6) is 0.682. The van der Waals surface area contributed by atoms with E-state index in [1.54, 1.807) is 0 Å². The molecule has 0 aliphatic heterocycles. The minimum absolute atomic E-state index is 0.301. The van der Waals surface area contributed by atoms with Gasteiger partial charge in [0.15, 0.2) is 0 Å². The molecule has 12 heavy (non-hydrogen) atoms. The van der Waals surface area contributed by atoms with Gasteiger partial charge in [0, 0.05) is 25.4 Å². The van der Waals surface area contributed by atoms with E-state index in [1.807, 2.05) is 6.08 Å². The quantitative estimate of drug-likeness (QED) is 0.426. The Morgan fingerprint density at radius 1 is 1.50 bits per heavy atom. The predicted molar refractivity (Wildman–Crippen MR) is 51.9 cm³/mol. The average Bonchev–Trinajstić information content (AvgIpc) is 2.03. The van der Waals surface area contributed by atoms with Crippen LogP contribution in [0.3, 0.4) is 0 Å². The van der Waals surface area contributed by atoms with Gasteiger partial charge in [-0.15, -0.1) is 6.58 Å². The van der Waals surface area contributed by atoms with E-state index in [1.165, 1.54) is 0 Å². The van der Waals surface area contributed by atoms with E-state index in [-0.39, 0.29) is 0 Å². The van der Waals surface area contributed by atoms with Crippen LogP contribution in [0.25, 0.3) is 0 Å².